The molecule has 0 spiro atoms. The quantitative estimate of drug-likeness (QED) is 0.415. The van der Waals surface area contributed by atoms with Gasteiger partial charge in [0.25, 0.3) is 0 Å². The number of hydrogen-bond donors (Lipinski definition) is 0. The molecule has 2 aliphatic carbocycles. The highest BCUT2D eigenvalue weighted by atomic mass is 32.2. The number of nitrogens with zero attached hydrogens (tertiary/aromatic N) is 1. The number of carbonyl (C=O) groups excluding carboxylic acids is 1. The van der Waals surface area contributed by atoms with E-state index in [2.05, 4.69) is 12.2 Å². The zero-order valence-electron chi connectivity index (χ0n) is 8.39. The van der Waals surface area contributed by atoms with Crippen LogP contribution >= 0.6 is 11.8 Å². The summed E-state index contributed by atoms with van der Waals surface area (Å²) < 4.78 is 5.14. The molecule has 2 rings (SSSR count). The summed E-state index contributed by atoms with van der Waals surface area (Å²) in [6.07, 6.45) is 6.90. The van der Waals surface area contributed by atoms with Crippen molar-refractivity contribution in [1.29, 1.82) is 5.26 Å². The number of hydrogen-bond acceptors (Lipinski definition) is 4. The predicted molar refractivity (Wildman–Crippen MR) is 57.9 cm³/mol. The van der Waals surface area contributed by atoms with Crippen molar-refractivity contribution >= 4 is 17.7 Å². The molecule has 15 heavy (non-hydrogen) atoms. The minimum atomic E-state index is -0.270. The van der Waals surface area contributed by atoms with E-state index in [1.54, 1.807) is 0 Å². The fourth-order valence-electron chi connectivity index (χ4n) is 2.42. The van der Waals surface area contributed by atoms with Crippen molar-refractivity contribution in [2.75, 3.05) is 12.4 Å². The topological polar surface area (TPSA) is 50.1 Å². The van der Waals surface area contributed by atoms with Crippen LogP contribution in [-0.4, -0.2) is 18.3 Å². The Hall–Kier alpha value is -0.950. The summed E-state index contributed by atoms with van der Waals surface area (Å²) in [7, 11) is 0. The molecule has 80 valence electrons. The van der Waals surface area contributed by atoms with Gasteiger partial charge < -0.3 is 4.74 Å². The predicted octanol–water partition coefficient (Wildman–Crippen LogP) is 1.96. The Kier molecular flexibility index (Phi) is 3.32. The van der Waals surface area contributed by atoms with Crippen LogP contribution in [0.5, 0.6) is 0 Å². The summed E-state index contributed by atoms with van der Waals surface area (Å²) in [5, 5.41) is 10.1. The van der Waals surface area contributed by atoms with Crippen LogP contribution in [0, 0.1) is 28.4 Å². The molecule has 0 amide bonds. The summed E-state index contributed by atoms with van der Waals surface area (Å²) in [6.45, 7) is 0.524. The Bertz CT molecular complexity index is 321. The monoisotopic (exact) mass is 223 g/mol. The molecule has 0 radical (unpaired) electrons. The van der Waals surface area contributed by atoms with E-state index < -0.39 is 0 Å². The van der Waals surface area contributed by atoms with E-state index in [0.29, 0.717) is 24.4 Å². The molecule has 0 aromatic heterocycles. The molecule has 2 aliphatic rings. The third-order valence-corrected chi connectivity index (χ3v) is 3.64. The van der Waals surface area contributed by atoms with E-state index in [-0.39, 0.29) is 11.7 Å². The number of nitriles is 1. The van der Waals surface area contributed by atoms with Crippen LogP contribution in [0.4, 0.5) is 0 Å². The van der Waals surface area contributed by atoms with Gasteiger partial charge >= 0.3 is 5.97 Å². The summed E-state index contributed by atoms with van der Waals surface area (Å²) in [5.41, 5.74) is 0. The van der Waals surface area contributed by atoms with Gasteiger partial charge in [-0.2, -0.15) is 5.26 Å². The second-order valence-electron chi connectivity index (χ2n) is 4.10. The van der Waals surface area contributed by atoms with Crippen molar-refractivity contribution in [1.82, 2.24) is 0 Å². The molecule has 0 heterocycles. The molecule has 4 heteroatoms. The van der Waals surface area contributed by atoms with Gasteiger partial charge in [0.2, 0.25) is 0 Å². The van der Waals surface area contributed by atoms with Gasteiger partial charge in [0.1, 0.15) is 11.2 Å². The molecular weight excluding hydrogens is 210 g/mol. The lowest BCUT2D eigenvalue weighted by atomic mass is 9.95. The number of thiocyanates is 1. The number of fused-ring (bicyclic) bond motifs is 2. The fourth-order valence-corrected chi connectivity index (χ4v) is 2.68. The molecule has 0 N–H and O–H groups in total. The molecule has 1 fully saturated rings. The molecule has 0 saturated heterocycles. The Labute approximate surface area is 93.5 Å². The fraction of sp³-hybridized carbons (Fsp3) is 0.636. The molecule has 0 aromatic rings. The Balaban J connectivity index is 1.69. The first-order valence-electron chi connectivity index (χ1n) is 5.14. The maximum absolute atomic E-state index is 11.2. The first-order valence-corrected chi connectivity index (χ1v) is 6.13. The van der Waals surface area contributed by atoms with Crippen LogP contribution in [0.1, 0.15) is 12.8 Å². The van der Waals surface area contributed by atoms with Gasteiger partial charge in [0.05, 0.1) is 6.61 Å². The lowest BCUT2D eigenvalue weighted by Crippen LogP contribution is -2.18. The third-order valence-electron chi connectivity index (χ3n) is 3.13. The number of carbonyl (C=O) groups is 1. The van der Waals surface area contributed by atoms with Crippen LogP contribution < -0.4 is 0 Å². The Morgan fingerprint density at radius 2 is 2.40 bits per heavy atom. The lowest BCUT2D eigenvalue weighted by molar-refractivity contribution is -0.142. The summed E-state index contributed by atoms with van der Waals surface area (Å²) in [4.78, 5) is 11.2. The average Bonchev–Trinajstić information content (AvgIpc) is 2.84. The normalized spacial score (nSPS) is 31.5. The number of thioether (sulfide) groups is 1. The highest BCUT2D eigenvalue weighted by Gasteiger charge is 2.36. The molecule has 3 unspecified atom stereocenters. The number of allylic oxidation sites excluding steroid dienone is 2. The lowest BCUT2D eigenvalue weighted by Gasteiger charge is -2.17. The van der Waals surface area contributed by atoms with Gasteiger partial charge in [0, 0.05) is 0 Å². The molecule has 3 atom stereocenters. The van der Waals surface area contributed by atoms with Crippen LogP contribution in [0.3, 0.4) is 0 Å². The van der Waals surface area contributed by atoms with Crippen LogP contribution in [0.2, 0.25) is 0 Å². The van der Waals surface area contributed by atoms with E-state index in [1.165, 1.54) is 6.42 Å². The average molecular weight is 223 g/mol. The minimum Gasteiger partial charge on any atom is -0.465 e. The van der Waals surface area contributed by atoms with Gasteiger partial charge in [-0.1, -0.05) is 12.2 Å². The highest BCUT2D eigenvalue weighted by molar-refractivity contribution is 8.04. The summed E-state index contributed by atoms with van der Waals surface area (Å²) >= 11 is 0.931. The number of esters is 1. The Morgan fingerprint density at radius 3 is 3.00 bits per heavy atom. The highest BCUT2D eigenvalue weighted by Crippen LogP contribution is 2.43. The summed E-state index contributed by atoms with van der Waals surface area (Å²) in [6, 6.07) is 0. The second-order valence-corrected chi connectivity index (χ2v) is 4.86. The SMILES string of the molecule is N#CSCC(=O)OCC1CC2C=CC1C2. The zero-order valence-corrected chi connectivity index (χ0v) is 9.20. The molecule has 1 saturated carbocycles. The van der Waals surface area contributed by atoms with Crippen LogP contribution in [-0.2, 0) is 9.53 Å². The molecule has 3 nitrogen and oxygen atoms in total. The smallest absolute Gasteiger partial charge is 0.316 e. The maximum atomic E-state index is 11.2. The van der Waals surface area contributed by atoms with E-state index in [1.807, 2.05) is 5.40 Å². The molecule has 0 aliphatic heterocycles. The van der Waals surface area contributed by atoms with E-state index in [0.717, 1.165) is 18.2 Å². The van der Waals surface area contributed by atoms with Crippen molar-refractivity contribution in [2.24, 2.45) is 17.8 Å². The standard InChI is InChI=1S/C11H13NO2S/c12-7-15-6-11(13)14-5-10-4-8-1-2-9(10)3-8/h1-2,8-10H,3-6H2. The van der Waals surface area contributed by atoms with Crippen molar-refractivity contribution in [3.05, 3.63) is 12.2 Å². The van der Waals surface area contributed by atoms with Gasteiger partial charge in [-0.05, 0) is 42.4 Å². The molecule has 0 aromatic carbocycles. The van der Waals surface area contributed by atoms with Gasteiger partial charge in [-0.15, -0.1) is 0 Å². The minimum absolute atomic E-state index is 0.146. The third kappa shape index (κ3) is 2.54. The van der Waals surface area contributed by atoms with Crippen molar-refractivity contribution in [2.45, 2.75) is 12.8 Å². The van der Waals surface area contributed by atoms with E-state index in [4.69, 9.17) is 10.00 Å². The van der Waals surface area contributed by atoms with Gasteiger partial charge in [0.15, 0.2) is 0 Å². The van der Waals surface area contributed by atoms with Crippen LogP contribution in [0.15, 0.2) is 12.2 Å². The van der Waals surface area contributed by atoms with Crippen LogP contribution in [0.25, 0.3) is 0 Å². The van der Waals surface area contributed by atoms with E-state index in [9.17, 15) is 4.79 Å². The summed E-state index contributed by atoms with van der Waals surface area (Å²) in [5.74, 6) is 1.72. The Morgan fingerprint density at radius 1 is 1.53 bits per heavy atom. The first kappa shape index (κ1) is 10.6. The second kappa shape index (κ2) is 4.71. The zero-order chi connectivity index (χ0) is 10.7. The number of rotatable bonds is 4. The first-order chi connectivity index (χ1) is 7.29. The van der Waals surface area contributed by atoms with Crippen molar-refractivity contribution < 1.29 is 9.53 Å². The largest absolute Gasteiger partial charge is 0.465 e. The van der Waals surface area contributed by atoms with E-state index >= 15 is 0 Å². The van der Waals surface area contributed by atoms with Gasteiger partial charge in [-0.25, -0.2) is 0 Å². The van der Waals surface area contributed by atoms with Crippen molar-refractivity contribution in [3.63, 3.8) is 0 Å². The molecular formula is C11H13NO2S. The maximum Gasteiger partial charge on any atom is 0.316 e. The van der Waals surface area contributed by atoms with Gasteiger partial charge in [-0.3, -0.25) is 4.79 Å². The number of ether oxygens (including phenoxy) is 1. The molecule has 2 bridgehead atoms. The van der Waals surface area contributed by atoms with Crippen molar-refractivity contribution in [3.8, 4) is 5.40 Å².